The van der Waals surface area contributed by atoms with Crippen LogP contribution >= 0.6 is 15.9 Å². The van der Waals surface area contributed by atoms with Crippen LogP contribution in [0, 0.1) is 23.0 Å². The number of nitrogens with one attached hydrogen (secondary N) is 1. The third-order valence-electron chi connectivity index (χ3n) is 2.82. The van der Waals surface area contributed by atoms with Gasteiger partial charge in [0.25, 0.3) is 0 Å². The predicted molar refractivity (Wildman–Crippen MR) is 77.1 cm³/mol. The maximum atomic E-state index is 13.8. The number of hydrogen-bond acceptors (Lipinski definition) is 2. The minimum Gasteiger partial charge on any atom is -0.374 e. The molecule has 0 saturated carbocycles. The van der Waals surface area contributed by atoms with Crippen molar-refractivity contribution in [1.82, 2.24) is 0 Å². The lowest BCUT2D eigenvalue weighted by Crippen LogP contribution is -2.12. The van der Waals surface area contributed by atoms with Gasteiger partial charge in [0.1, 0.15) is 11.6 Å². The highest BCUT2D eigenvalue weighted by Crippen LogP contribution is 2.31. The molecule has 0 aliphatic rings. The second kappa shape index (κ2) is 6.49. The summed E-state index contributed by atoms with van der Waals surface area (Å²) in [6, 6.07) is 12.9. The molecule has 0 aromatic heterocycles. The summed E-state index contributed by atoms with van der Waals surface area (Å²) in [7, 11) is 0. The van der Waals surface area contributed by atoms with Gasteiger partial charge in [-0.05, 0) is 27.6 Å². The summed E-state index contributed by atoms with van der Waals surface area (Å²) in [6.45, 7) is 0. The van der Waals surface area contributed by atoms with E-state index in [-0.39, 0.29) is 22.6 Å². The van der Waals surface area contributed by atoms with Crippen molar-refractivity contribution in [2.45, 2.75) is 12.5 Å². The monoisotopic (exact) mass is 336 g/mol. The number of hydrogen-bond donors (Lipinski definition) is 1. The topological polar surface area (TPSA) is 35.8 Å². The minimum atomic E-state index is -0.698. The van der Waals surface area contributed by atoms with Crippen molar-refractivity contribution in [2.75, 3.05) is 5.32 Å². The lowest BCUT2D eigenvalue weighted by molar-refractivity contribution is 0.581. The van der Waals surface area contributed by atoms with E-state index in [9.17, 15) is 8.78 Å². The van der Waals surface area contributed by atoms with Gasteiger partial charge in [0, 0.05) is 10.5 Å². The molecule has 0 heterocycles. The maximum Gasteiger partial charge on any atom is 0.150 e. The van der Waals surface area contributed by atoms with Gasteiger partial charge >= 0.3 is 0 Å². The van der Waals surface area contributed by atoms with E-state index in [4.69, 9.17) is 5.26 Å². The first-order valence-electron chi connectivity index (χ1n) is 5.95. The molecule has 0 aliphatic carbocycles. The summed E-state index contributed by atoms with van der Waals surface area (Å²) in [4.78, 5) is 0. The zero-order valence-corrected chi connectivity index (χ0v) is 12.0. The zero-order valence-electron chi connectivity index (χ0n) is 10.4. The first-order valence-corrected chi connectivity index (χ1v) is 6.74. The molecule has 0 fully saturated rings. The van der Waals surface area contributed by atoms with E-state index in [0.717, 1.165) is 11.6 Å². The van der Waals surface area contributed by atoms with Crippen molar-refractivity contribution >= 4 is 21.6 Å². The van der Waals surface area contributed by atoms with E-state index in [1.54, 1.807) is 0 Å². The Labute approximate surface area is 124 Å². The van der Waals surface area contributed by atoms with E-state index in [1.807, 2.05) is 30.3 Å². The highest BCUT2D eigenvalue weighted by molar-refractivity contribution is 9.10. The average Bonchev–Trinajstić information content (AvgIpc) is 2.42. The largest absolute Gasteiger partial charge is 0.374 e. The Balaban J connectivity index is 2.33. The van der Waals surface area contributed by atoms with Crippen LogP contribution in [0.1, 0.15) is 18.0 Å². The Morgan fingerprint density at radius 1 is 1.20 bits per heavy atom. The molecule has 2 aromatic rings. The summed E-state index contributed by atoms with van der Waals surface area (Å²) in [6.07, 6.45) is 0.174. The summed E-state index contributed by atoms with van der Waals surface area (Å²) in [5.41, 5.74) is 1.01. The molecular weight excluding hydrogens is 326 g/mol. The molecule has 20 heavy (non-hydrogen) atoms. The molecular formula is C15H11BrF2N2. The molecule has 0 spiro atoms. The van der Waals surface area contributed by atoms with Crippen LogP contribution in [0.15, 0.2) is 46.9 Å². The maximum absolute atomic E-state index is 13.8. The van der Waals surface area contributed by atoms with Crippen LogP contribution < -0.4 is 5.32 Å². The third-order valence-corrected chi connectivity index (χ3v) is 3.45. The zero-order chi connectivity index (χ0) is 14.5. The van der Waals surface area contributed by atoms with Crippen LogP contribution in [-0.4, -0.2) is 0 Å². The lowest BCUT2D eigenvalue weighted by Gasteiger charge is -2.19. The van der Waals surface area contributed by atoms with Crippen LogP contribution in [0.25, 0.3) is 0 Å². The molecule has 102 valence electrons. The van der Waals surface area contributed by atoms with Crippen molar-refractivity contribution in [3.8, 4) is 6.07 Å². The number of rotatable bonds is 4. The normalized spacial score (nSPS) is 11.7. The Bertz CT molecular complexity index is 615. The summed E-state index contributed by atoms with van der Waals surface area (Å²) >= 11 is 3.12. The molecule has 2 rings (SSSR count). The molecule has 0 aliphatic heterocycles. The fourth-order valence-corrected chi connectivity index (χ4v) is 2.41. The smallest absolute Gasteiger partial charge is 0.150 e. The van der Waals surface area contributed by atoms with Crippen LogP contribution in [-0.2, 0) is 0 Å². The van der Waals surface area contributed by atoms with Crippen LogP contribution in [0.3, 0.4) is 0 Å². The molecule has 0 saturated heterocycles. The minimum absolute atomic E-state index is 0.149. The molecule has 2 aromatic carbocycles. The third kappa shape index (κ3) is 3.34. The fourth-order valence-electron chi connectivity index (χ4n) is 1.88. The van der Waals surface area contributed by atoms with Crippen molar-refractivity contribution < 1.29 is 8.78 Å². The summed E-state index contributed by atoms with van der Waals surface area (Å²) in [5, 5.41) is 11.9. The fraction of sp³-hybridized carbons (Fsp3) is 0.133. The predicted octanol–water partition coefficient (Wildman–Crippen LogP) is 4.79. The van der Waals surface area contributed by atoms with E-state index in [1.165, 1.54) is 6.07 Å². The molecule has 2 nitrogen and oxygen atoms in total. The lowest BCUT2D eigenvalue weighted by atomic mass is 10.0. The van der Waals surface area contributed by atoms with Crippen molar-refractivity contribution in [3.63, 3.8) is 0 Å². The van der Waals surface area contributed by atoms with E-state index in [2.05, 4.69) is 27.3 Å². The molecule has 0 amide bonds. The molecule has 1 N–H and O–H groups in total. The van der Waals surface area contributed by atoms with Crippen LogP contribution in [0.2, 0.25) is 0 Å². The molecule has 0 radical (unpaired) electrons. The van der Waals surface area contributed by atoms with E-state index >= 15 is 0 Å². The Morgan fingerprint density at radius 2 is 1.90 bits per heavy atom. The van der Waals surface area contributed by atoms with Crippen molar-refractivity contribution in [2.24, 2.45) is 0 Å². The van der Waals surface area contributed by atoms with Gasteiger partial charge in [0.2, 0.25) is 0 Å². The molecule has 1 atom stereocenters. The standard InChI is InChI=1S/C15H11BrF2N2/c16-12-8-11(17)9-13(18)15(12)20-14(6-7-19)10-4-2-1-3-5-10/h1-5,8-9,14,20H,6H2. The number of halogens is 3. The second-order valence-corrected chi connectivity index (χ2v) is 5.07. The number of nitriles is 1. The Hall–Kier alpha value is -1.93. The first kappa shape index (κ1) is 14.5. The van der Waals surface area contributed by atoms with Gasteiger partial charge in [-0.15, -0.1) is 0 Å². The van der Waals surface area contributed by atoms with E-state index in [0.29, 0.717) is 0 Å². The average molecular weight is 337 g/mol. The number of benzene rings is 2. The van der Waals surface area contributed by atoms with Gasteiger partial charge in [-0.3, -0.25) is 0 Å². The van der Waals surface area contributed by atoms with Gasteiger partial charge in [-0.2, -0.15) is 5.26 Å². The number of nitrogens with zero attached hydrogens (tertiary/aromatic N) is 1. The summed E-state index contributed by atoms with van der Waals surface area (Å²) < 4.78 is 27.2. The van der Waals surface area contributed by atoms with Gasteiger partial charge in [-0.1, -0.05) is 30.3 Å². The van der Waals surface area contributed by atoms with Crippen LogP contribution in [0.4, 0.5) is 14.5 Å². The van der Waals surface area contributed by atoms with Crippen LogP contribution in [0.5, 0.6) is 0 Å². The highest BCUT2D eigenvalue weighted by Gasteiger charge is 2.16. The van der Waals surface area contributed by atoms with Gasteiger partial charge in [0.15, 0.2) is 0 Å². The first-order chi connectivity index (χ1) is 9.61. The SMILES string of the molecule is N#CCC(Nc1c(F)cc(F)cc1Br)c1ccccc1. The number of anilines is 1. The van der Waals surface area contributed by atoms with Gasteiger partial charge in [0.05, 0.1) is 24.2 Å². The van der Waals surface area contributed by atoms with E-state index < -0.39 is 11.6 Å². The summed E-state index contributed by atoms with van der Waals surface area (Å²) in [5.74, 6) is -1.35. The molecule has 0 bridgehead atoms. The quantitative estimate of drug-likeness (QED) is 0.870. The van der Waals surface area contributed by atoms with Crippen molar-refractivity contribution in [1.29, 1.82) is 5.26 Å². The van der Waals surface area contributed by atoms with Crippen molar-refractivity contribution in [3.05, 3.63) is 64.1 Å². The van der Waals surface area contributed by atoms with Gasteiger partial charge < -0.3 is 5.32 Å². The Kier molecular flexibility index (Phi) is 4.70. The highest BCUT2D eigenvalue weighted by atomic mass is 79.9. The second-order valence-electron chi connectivity index (χ2n) is 4.21. The molecule has 5 heteroatoms. The molecule has 1 unspecified atom stereocenters. The Morgan fingerprint density at radius 3 is 2.50 bits per heavy atom. The van der Waals surface area contributed by atoms with Gasteiger partial charge in [-0.25, -0.2) is 8.78 Å².